The molecule has 4 atom stereocenters. The average Bonchev–Trinajstić information content (AvgIpc) is 1.73. The third-order valence-electron chi connectivity index (χ3n) is 19.4. The number of H-pyrrole nitrogens is 4. The Balaban J connectivity index is 0.000000155. The highest BCUT2D eigenvalue weighted by Crippen LogP contribution is 2.34. The maximum Gasteiger partial charge on any atom is 0.247 e. The van der Waals surface area contributed by atoms with Gasteiger partial charge >= 0.3 is 0 Å². The van der Waals surface area contributed by atoms with Crippen LogP contribution < -0.4 is 40.9 Å². The highest BCUT2D eigenvalue weighted by molar-refractivity contribution is 5.93. The summed E-state index contributed by atoms with van der Waals surface area (Å²) in [5.41, 5.74) is 12.3. The van der Waals surface area contributed by atoms with E-state index in [9.17, 15) is 13.2 Å². The van der Waals surface area contributed by atoms with Gasteiger partial charge in [-0.2, -0.15) is 20.4 Å². The second-order valence-corrected chi connectivity index (χ2v) is 28.7. The minimum atomic E-state index is -2.68. The summed E-state index contributed by atoms with van der Waals surface area (Å²) < 4.78 is 40.8. The van der Waals surface area contributed by atoms with Gasteiger partial charge in [-0.15, -0.1) is 0 Å². The molecule has 0 spiro atoms. The van der Waals surface area contributed by atoms with Crippen LogP contribution in [-0.4, -0.2) is 183 Å². The van der Waals surface area contributed by atoms with Crippen molar-refractivity contribution in [3.8, 4) is 45.6 Å². The van der Waals surface area contributed by atoms with Crippen molar-refractivity contribution in [2.75, 3.05) is 98.1 Å². The molecular formula is C80H99F3N24. The van der Waals surface area contributed by atoms with Crippen molar-refractivity contribution in [3.63, 3.8) is 0 Å². The fourth-order valence-electron chi connectivity index (χ4n) is 14.6. The number of alkyl halides is 2. The van der Waals surface area contributed by atoms with Crippen LogP contribution in [0.15, 0.2) is 171 Å². The van der Waals surface area contributed by atoms with Crippen molar-refractivity contribution in [2.24, 2.45) is 11.8 Å². The Morgan fingerprint density at radius 2 is 0.850 bits per heavy atom. The van der Waals surface area contributed by atoms with Gasteiger partial charge in [0.2, 0.25) is 5.92 Å². The fraction of sp³-hybridized carbons (Fsp3) is 0.350. The largest absolute Gasteiger partial charge is 0.354 e. The number of hydrogen-bond donors (Lipinski definition) is 8. The van der Waals surface area contributed by atoms with Crippen LogP contribution in [0.25, 0.3) is 95.5 Å². The smallest absolute Gasteiger partial charge is 0.247 e. The summed E-state index contributed by atoms with van der Waals surface area (Å²) in [6, 6.07) is 46.7. The highest BCUT2D eigenvalue weighted by Gasteiger charge is 2.32. The standard InChI is InChI=1S/C21H25FN6.C21H20N6.C20H26N6.C18H20F2N6.4H2/c1-13(2)9-16-12-28(8-7-23-16)19-11-15(14(3)22)10-18(25-19)20-17-5-4-6-24-21(17)27-26-20;1-2-6-15(7-3-1)18-14-27(13-12-22-18)19-10-4-9-17(24-19)20-16-8-5-11-23-21(16)26-25-20;1-13(2)9-15-12-26(8-7-21-15)18-11-14(3)10-17(23-18)19-16-5-4-6-22-20(16)25-24-19;1-18(19,20)10-12-11-26(9-8-21-12)15-6-2-5-14(23-15)16-13-4-3-7-22-17(13)25-24-16;;;;/h4-6,10-11,13,16,23H,3,7-9,12H2,1-2H3,(H,24,26,27);1-11,18,22H,12-14H2,(H,23,25,26);4-6,10-11,13,15,21H,7-9,12H2,1-3H3,(H,22,24,25);2-7,12,21H,8-11H2,1H3,(H,22,24,25);4*1H/t16-;18-;15-;;;;;/m010...../s1. The fourth-order valence-corrected chi connectivity index (χ4v) is 14.6. The lowest BCUT2D eigenvalue weighted by atomic mass is 10.0. The molecule has 0 bridgehead atoms. The van der Waals surface area contributed by atoms with Crippen LogP contribution in [0.3, 0.4) is 0 Å². The molecule has 4 aliphatic rings. The number of nitrogens with one attached hydrogen (secondary N) is 8. The van der Waals surface area contributed by atoms with Gasteiger partial charge in [0.05, 0.1) is 45.6 Å². The molecular weight excluding hydrogens is 1350 g/mol. The molecule has 0 amide bonds. The van der Waals surface area contributed by atoms with Gasteiger partial charge in [-0.25, -0.2) is 53.0 Å². The molecule has 27 heteroatoms. The van der Waals surface area contributed by atoms with Crippen molar-refractivity contribution in [1.82, 2.24) is 102 Å². The van der Waals surface area contributed by atoms with E-state index in [4.69, 9.17) is 19.9 Å². The molecule has 4 fully saturated rings. The van der Waals surface area contributed by atoms with Crippen LogP contribution >= 0.6 is 0 Å². The highest BCUT2D eigenvalue weighted by atomic mass is 19.3. The summed E-state index contributed by atoms with van der Waals surface area (Å²) in [6.45, 7) is 25.8. The minimum absolute atomic E-state index is 0. The number of nitrogens with zero attached hydrogens (tertiary/aromatic N) is 16. The molecule has 13 aromatic rings. The van der Waals surface area contributed by atoms with Crippen LogP contribution in [0.4, 0.5) is 36.4 Å². The van der Waals surface area contributed by atoms with Crippen molar-refractivity contribution in [3.05, 3.63) is 188 Å². The van der Waals surface area contributed by atoms with Gasteiger partial charge < -0.3 is 40.9 Å². The number of halogens is 3. The van der Waals surface area contributed by atoms with Crippen LogP contribution in [0, 0.1) is 18.8 Å². The van der Waals surface area contributed by atoms with Gasteiger partial charge in [-0.05, 0) is 147 Å². The van der Waals surface area contributed by atoms with Gasteiger partial charge in [0.1, 0.15) is 29.1 Å². The normalized spacial score (nSPS) is 17.8. The lowest BCUT2D eigenvalue weighted by Crippen LogP contribution is -2.52. The number of pyridine rings is 8. The monoisotopic (exact) mass is 1450 g/mol. The summed E-state index contributed by atoms with van der Waals surface area (Å²) >= 11 is 0. The first-order valence-corrected chi connectivity index (χ1v) is 36.8. The first-order valence-electron chi connectivity index (χ1n) is 36.8. The van der Waals surface area contributed by atoms with Crippen LogP contribution in [0.1, 0.15) is 82.3 Å². The number of aromatic amines is 4. The SMILES string of the molecule is C=C(F)c1cc(-c2[nH]nc3ncccc23)nc(N2CCN[C@@H](CC(C)C)C2)c1.CC(F)(F)CC1CN(c2cccc(-c3[nH]nc4ncccc34)n2)CCN1.Cc1cc(-c2[nH]nc3ncccc23)nc(N2CCN[C@@H](CC(C)C)C2)c1.[HH].[HH].[HH].[HH].c1ccc([C@H]2CN(c3cccc(-c4[nH]nc5ncccc45)n3)CCN2)cc1. The molecule has 17 rings (SSSR count). The minimum Gasteiger partial charge on any atom is -0.354 e. The Kier molecular flexibility index (Phi) is 22.5. The molecule has 0 saturated carbocycles. The summed E-state index contributed by atoms with van der Waals surface area (Å²) in [5.74, 6) is 1.72. The number of anilines is 4. The zero-order valence-corrected chi connectivity index (χ0v) is 61.2. The third kappa shape index (κ3) is 17.9. The quantitative estimate of drug-likeness (QED) is 0.0446. The van der Waals surface area contributed by atoms with E-state index in [0.717, 1.165) is 169 Å². The van der Waals surface area contributed by atoms with Crippen LogP contribution in [-0.2, 0) is 0 Å². The molecule has 4 aliphatic heterocycles. The van der Waals surface area contributed by atoms with Gasteiger partial charge in [0.25, 0.3) is 0 Å². The molecule has 12 aromatic heterocycles. The first kappa shape index (κ1) is 72.8. The van der Waals surface area contributed by atoms with Gasteiger partial charge in [0.15, 0.2) is 22.6 Å². The molecule has 0 radical (unpaired) electrons. The maximum absolute atomic E-state index is 14.1. The number of rotatable bonds is 16. The second-order valence-electron chi connectivity index (χ2n) is 28.7. The predicted molar refractivity (Wildman–Crippen MR) is 427 cm³/mol. The number of fused-ring (bicyclic) bond motifs is 4. The molecule has 4 saturated heterocycles. The summed E-state index contributed by atoms with van der Waals surface area (Å²) in [4.78, 5) is 45.5. The first-order chi connectivity index (χ1) is 52.0. The molecule has 8 N–H and O–H groups in total. The van der Waals surface area contributed by atoms with Crippen LogP contribution in [0.5, 0.6) is 0 Å². The van der Waals surface area contributed by atoms with Crippen molar-refractivity contribution < 1.29 is 18.9 Å². The number of benzene rings is 1. The van der Waals surface area contributed by atoms with Crippen molar-refractivity contribution >= 4 is 73.2 Å². The molecule has 560 valence electrons. The van der Waals surface area contributed by atoms with Gasteiger partial charge in [-0.1, -0.05) is 76.7 Å². The lowest BCUT2D eigenvalue weighted by Gasteiger charge is -2.35. The Bertz CT molecular complexity index is 5150. The van der Waals surface area contributed by atoms with E-state index in [0.29, 0.717) is 71.2 Å². The topological polar surface area (TPSA) is 279 Å². The maximum atomic E-state index is 14.1. The summed E-state index contributed by atoms with van der Waals surface area (Å²) in [6.07, 6.45) is 9.00. The van der Waals surface area contributed by atoms with E-state index < -0.39 is 11.7 Å². The number of piperazine rings is 4. The summed E-state index contributed by atoms with van der Waals surface area (Å²) in [7, 11) is 0. The third-order valence-corrected chi connectivity index (χ3v) is 19.4. The predicted octanol–water partition coefficient (Wildman–Crippen LogP) is 13.9. The van der Waals surface area contributed by atoms with Crippen molar-refractivity contribution in [1.29, 1.82) is 0 Å². The molecule has 1 unspecified atom stereocenters. The van der Waals surface area contributed by atoms with Gasteiger partial charge in [-0.3, -0.25) is 20.4 Å². The zero-order chi connectivity index (χ0) is 74.0. The Morgan fingerprint density at radius 1 is 0.458 bits per heavy atom. The molecule has 0 aliphatic carbocycles. The Hall–Kier alpha value is -11.1. The van der Waals surface area contributed by atoms with E-state index in [1.807, 2.05) is 77.7 Å². The van der Waals surface area contributed by atoms with E-state index >= 15 is 0 Å². The average molecular weight is 1450 g/mol. The zero-order valence-electron chi connectivity index (χ0n) is 61.2. The number of aryl methyl sites for hydroxylation is 1. The molecule has 107 heavy (non-hydrogen) atoms. The lowest BCUT2D eigenvalue weighted by molar-refractivity contribution is 0.00244. The van der Waals surface area contributed by atoms with Crippen LogP contribution in [0.2, 0.25) is 0 Å². The van der Waals surface area contributed by atoms with Crippen molar-refractivity contribution in [2.45, 2.75) is 90.9 Å². The molecule has 16 heterocycles. The molecule has 1 aromatic carbocycles. The van der Waals surface area contributed by atoms with E-state index in [2.05, 4.69) is 192 Å². The summed E-state index contributed by atoms with van der Waals surface area (Å²) in [5, 5.41) is 47.0. The number of hydrogen-bond acceptors (Lipinski definition) is 20. The number of aromatic nitrogens is 16. The van der Waals surface area contributed by atoms with E-state index in [1.54, 1.807) is 36.9 Å². The second kappa shape index (κ2) is 33.1. The van der Waals surface area contributed by atoms with E-state index in [-0.39, 0.29) is 18.2 Å². The Labute approximate surface area is 625 Å². The molecule has 24 nitrogen and oxygen atoms in total. The Morgan fingerprint density at radius 3 is 1.30 bits per heavy atom. The van der Waals surface area contributed by atoms with Gasteiger partial charge in [0, 0.05) is 167 Å². The van der Waals surface area contributed by atoms with E-state index in [1.165, 1.54) is 17.5 Å².